The number of fused-ring (bicyclic) bond motifs is 1. The summed E-state index contributed by atoms with van der Waals surface area (Å²) in [5.74, 6) is 0. The van der Waals surface area contributed by atoms with Gasteiger partial charge in [-0.05, 0) is 39.5 Å². The van der Waals surface area contributed by atoms with Gasteiger partial charge in [0.25, 0.3) is 0 Å². The Morgan fingerprint density at radius 3 is 2.82 bits per heavy atom. The van der Waals surface area contributed by atoms with Crippen LogP contribution in [-0.2, 0) is 6.54 Å². The molecule has 92 valence electrons. The van der Waals surface area contributed by atoms with Crippen LogP contribution in [0.3, 0.4) is 0 Å². The molecule has 0 unspecified atom stereocenters. The van der Waals surface area contributed by atoms with E-state index in [0.717, 1.165) is 36.1 Å². The molecule has 0 saturated carbocycles. The van der Waals surface area contributed by atoms with E-state index in [4.69, 9.17) is 11.6 Å². The Bertz CT molecular complexity index is 518. The fourth-order valence-electron chi connectivity index (χ4n) is 2.00. The van der Waals surface area contributed by atoms with Crippen LogP contribution in [0.1, 0.15) is 12.0 Å². The molecule has 0 radical (unpaired) electrons. The third kappa shape index (κ3) is 2.58. The molecule has 5 heteroatoms. The lowest BCUT2D eigenvalue weighted by molar-refractivity contribution is 0.387. The minimum atomic E-state index is 0.541. The Balaban J connectivity index is 2.26. The van der Waals surface area contributed by atoms with Gasteiger partial charge >= 0.3 is 0 Å². The molecule has 2 aromatic rings. The van der Waals surface area contributed by atoms with Crippen LogP contribution < -0.4 is 0 Å². The van der Waals surface area contributed by atoms with Crippen molar-refractivity contribution in [2.45, 2.75) is 19.9 Å². The molecule has 4 nitrogen and oxygen atoms in total. The summed E-state index contributed by atoms with van der Waals surface area (Å²) >= 11 is 6.09. The van der Waals surface area contributed by atoms with Crippen molar-refractivity contribution in [3.05, 3.63) is 23.2 Å². The number of aryl methyl sites for hydroxylation is 2. The van der Waals surface area contributed by atoms with E-state index in [0.29, 0.717) is 5.15 Å². The number of halogens is 1. The van der Waals surface area contributed by atoms with Crippen molar-refractivity contribution in [3.63, 3.8) is 0 Å². The van der Waals surface area contributed by atoms with E-state index in [9.17, 15) is 0 Å². The number of rotatable bonds is 4. The molecule has 0 saturated heterocycles. The lowest BCUT2D eigenvalue weighted by Gasteiger charge is -2.09. The second-order valence-electron chi connectivity index (χ2n) is 4.53. The van der Waals surface area contributed by atoms with Gasteiger partial charge in [0, 0.05) is 12.7 Å². The summed E-state index contributed by atoms with van der Waals surface area (Å²) in [6.07, 6.45) is 4.71. The zero-order valence-corrected chi connectivity index (χ0v) is 11.2. The predicted octanol–water partition coefficient (Wildman–Crippen LogP) is 2.34. The monoisotopic (exact) mass is 252 g/mol. The van der Waals surface area contributed by atoms with Crippen molar-refractivity contribution in [3.8, 4) is 0 Å². The highest BCUT2D eigenvalue weighted by Gasteiger charge is 2.10. The van der Waals surface area contributed by atoms with E-state index in [1.165, 1.54) is 6.33 Å². The highest BCUT2D eigenvalue weighted by molar-refractivity contribution is 6.34. The van der Waals surface area contributed by atoms with E-state index in [-0.39, 0.29) is 0 Å². The van der Waals surface area contributed by atoms with Crippen LogP contribution in [0.2, 0.25) is 5.15 Å². The molecule has 0 N–H and O–H groups in total. The predicted molar refractivity (Wildman–Crippen MR) is 70.4 cm³/mol. The Morgan fingerprint density at radius 2 is 2.12 bits per heavy atom. The molecule has 0 bridgehead atoms. The number of nitrogens with zero attached hydrogens (tertiary/aromatic N) is 4. The fourth-order valence-corrected chi connectivity index (χ4v) is 2.28. The molecule has 0 amide bonds. The first kappa shape index (κ1) is 12.3. The van der Waals surface area contributed by atoms with Crippen LogP contribution in [-0.4, -0.2) is 40.1 Å². The van der Waals surface area contributed by atoms with Crippen molar-refractivity contribution in [2.75, 3.05) is 20.6 Å². The molecule has 2 rings (SSSR count). The van der Waals surface area contributed by atoms with Gasteiger partial charge in [0.2, 0.25) is 0 Å². The molecule has 2 aromatic heterocycles. The molecule has 0 aliphatic rings. The third-order valence-electron chi connectivity index (χ3n) is 2.80. The molecule has 0 aromatic carbocycles. The average Bonchev–Trinajstić information content (AvgIpc) is 2.57. The van der Waals surface area contributed by atoms with Gasteiger partial charge in [-0.3, -0.25) is 0 Å². The first-order chi connectivity index (χ1) is 8.09. The van der Waals surface area contributed by atoms with E-state index in [2.05, 4.69) is 39.7 Å². The molecule has 0 fully saturated rings. The largest absolute Gasteiger partial charge is 0.332 e. The second kappa shape index (κ2) is 5.02. The fraction of sp³-hybridized carbons (Fsp3) is 0.500. The number of aromatic nitrogens is 3. The Hall–Kier alpha value is -1.13. The lowest BCUT2D eigenvalue weighted by atomic mass is 10.3. The van der Waals surface area contributed by atoms with E-state index < -0.39 is 0 Å². The van der Waals surface area contributed by atoms with Gasteiger partial charge in [-0.25, -0.2) is 9.97 Å². The summed E-state index contributed by atoms with van der Waals surface area (Å²) < 4.78 is 2.15. The molecule has 0 aliphatic heterocycles. The Morgan fingerprint density at radius 1 is 1.35 bits per heavy atom. The Labute approximate surface area is 106 Å². The second-order valence-corrected chi connectivity index (χ2v) is 4.88. The molecular weight excluding hydrogens is 236 g/mol. The van der Waals surface area contributed by atoms with Crippen molar-refractivity contribution in [2.24, 2.45) is 0 Å². The number of hydrogen-bond donors (Lipinski definition) is 0. The molecular formula is C12H17ClN4. The third-order valence-corrected chi connectivity index (χ3v) is 3.09. The van der Waals surface area contributed by atoms with Gasteiger partial charge in [-0.1, -0.05) is 11.6 Å². The van der Waals surface area contributed by atoms with Gasteiger partial charge in [0.15, 0.2) is 0 Å². The normalized spacial score (nSPS) is 11.6. The van der Waals surface area contributed by atoms with Crippen LogP contribution in [0.15, 0.2) is 12.5 Å². The van der Waals surface area contributed by atoms with Gasteiger partial charge in [0.1, 0.15) is 17.1 Å². The zero-order chi connectivity index (χ0) is 12.4. The van der Waals surface area contributed by atoms with Crippen molar-refractivity contribution in [1.29, 1.82) is 0 Å². The van der Waals surface area contributed by atoms with Gasteiger partial charge in [0.05, 0.1) is 5.39 Å². The van der Waals surface area contributed by atoms with Gasteiger partial charge in [-0.15, -0.1) is 0 Å². The molecule has 0 atom stereocenters. The molecule has 17 heavy (non-hydrogen) atoms. The molecule has 0 aliphatic carbocycles. The standard InChI is InChI=1S/C12H17ClN4/c1-9-7-17(6-4-5-16(2)3)12-10(9)11(13)14-8-15-12/h7-8H,4-6H2,1-3H3. The van der Waals surface area contributed by atoms with Gasteiger partial charge < -0.3 is 9.47 Å². The van der Waals surface area contributed by atoms with Crippen molar-refractivity contribution < 1.29 is 0 Å². The van der Waals surface area contributed by atoms with Crippen LogP contribution in [0, 0.1) is 6.92 Å². The smallest absolute Gasteiger partial charge is 0.145 e. The Kier molecular flexibility index (Phi) is 3.64. The highest BCUT2D eigenvalue weighted by Crippen LogP contribution is 2.24. The summed E-state index contributed by atoms with van der Waals surface area (Å²) in [4.78, 5) is 10.5. The summed E-state index contributed by atoms with van der Waals surface area (Å²) in [5, 5.41) is 1.51. The maximum Gasteiger partial charge on any atom is 0.145 e. The minimum absolute atomic E-state index is 0.541. The SMILES string of the molecule is Cc1cn(CCCN(C)C)c2ncnc(Cl)c12. The first-order valence-electron chi connectivity index (χ1n) is 5.70. The van der Waals surface area contributed by atoms with Crippen molar-refractivity contribution >= 4 is 22.6 Å². The van der Waals surface area contributed by atoms with Crippen molar-refractivity contribution in [1.82, 2.24) is 19.4 Å². The first-order valence-corrected chi connectivity index (χ1v) is 6.08. The van der Waals surface area contributed by atoms with Crippen LogP contribution in [0.5, 0.6) is 0 Å². The molecule has 2 heterocycles. The quantitative estimate of drug-likeness (QED) is 0.784. The van der Waals surface area contributed by atoms with E-state index in [1.54, 1.807) is 0 Å². The molecule has 0 spiro atoms. The summed E-state index contributed by atoms with van der Waals surface area (Å²) in [6, 6.07) is 0. The van der Waals surface area contributed by atoms with E-state index in [1.807, 2.05) is 6.92 Å². The number of hydrogen-bond acceptors (Lipinski definition) is 3. The van der Waals surface area contributed by atoms with Crippen LogP contribution in [0.4, 0.5) is 0 Å². The topological polar surface area (TPSA) is 34.0 Å². The maximum absolute atomic E-state index is 6.09. The van der Waals surface area contributed by atoms with Crippen LogP contribution in [0.25, 0.3) is 11.0 Å². The lowest BCUT2D eigenvalue weighted by Crippen LogP contribution is -2.14. The highest BCUT2D eigenvalue weighted by atomic mass is 35.5. The summed E-state index contributed by atoms with van der Waals surface area (Å²) in [7, 11) is 4.16. The summed E-state index contributed by atoms with van der Waals surface area (Å²) in [5.41, 5.74) is 2.07. The maximum atomic E-state index is 6.09. The minimum Gasteiger partial charge on any atom is -0.332 e. The van der Waals surface area contributed by atoms with Crippen LogP contribution >= 0.6 is 11.6 Å². The zero-order valence-electron chi connectivity index (χ0n) is 10.4. The van der Waals surface area contributed by atoms with E-state index >= 15 is 0 Å². The summed E-state index contributed by atoms with van der Waals surface area (Å²) in [6.45, 7) is 4.06. The van der Waals surface area contributed by atoms with Gasteiger partial charge in [-0.2, -0.15) is 0 Å². The average molecular weight is 253 g/mol.